The van der Waals surface area contributed by atoms with Crippen molar-refractivity contribution in [1.82, 2.24) is 24.9 Å². The van der Waals surface area contributed by atoms with Gasteiger partial charge >= 0.3 is 0 Å². The molecule has 8 nitrogen and oxygen atoms in total. The molecular formula is C18H21N7O. The highest BCUT2D eigenvalue weighted by Crippen LogP contribution is 2.30. The number of anilines is 2. The minimum atomic E-state index is 0.153. The zero-order chi connectivity index (χ0) is 18.3. The number of nitrogens with one attached hydrogen (secondary N) is 1. The molecule has 0 radical (unpaired) electrons. The Hall–Kier alpha value is -3.16. The SMILES string of the molecule is C=Cc1onc(NC2CC2)c1C=Cc1nn(C(C)C)c2ncnc(N)c12. The van der Waals surface area contributed by atoms with Crippen LogP contribution in [-0.4, -0.2) is 30.9 Å². The van der Waals surface area contributed by atoms with Crippen molar-refractivity contribution in [2.24, 2.45) is 0 Å². The highest BCUT2D eigenvalue weighted by Gasteiger charge is 2.24. The Morgan fingerprint density at radius 3 is 2.85 bits per heavy atom. The van der Waals surface area contributed by atoms with Gasteiger partial charge < -0.3 is 15.6 Å². The van der Waals surface area contributed by atoms with E-state index in [4.69, 9.17) is 10.3 Å². The highest BCUT2D eigenvalue weighted by molar-refractivity contribution is 5.95. The third-order valence-electron chi connectivity index (χ3n) is 4.30. The first kappa shape index (κ1) is 16.3. The summed E-state index contributed by atoms with van der Waals surface area (Å²) in [7, 11) is 0. The van der Waals surface area contributed by atoms with Gasteiger partial charge in [-0.25, -0.2) is 14.6 Å². The molecule has 0 aromatic carbocycles. The van der Waals surface area contributed by atoms with Gasteiger partial charge in [0.05, 0.1) is 16.6 Å². The molecule has 3 aromatic heterocycles. The third kappa shape index (κ3) is 2.83. The third-order valence-corrected chi connectivity index (χ3v) is 4.30. The topological polar surface area (TPSA) is 108 Å². The van der Waals surface area contributed by atoms with Crippen LogP contribution in [0.4, 0.5) is 11.6 Å². The van der Waals surface area contributed by atoms with Crippen LogP contribution in [-0.2, 0) is 0 Å². The molecule has 1 aliphatic carbocycles. The standard InChI is InChI=1S/C18H21N7O/c1-4-14-12(17(24-26-14)22-11-5-6-11)7-8-13-15-16(19)20-9-21-18(15)25(23-13)10(2)3/h4,7-11H,1,5-6H2,2-3H3,(H,22,24)(H2,19,20,21). The quantitative estimate of drug-likeness (QED) is 0.701. The number of aromatic nitrogens is 5. The molecule has 0 spiro atoms. The van der Waals surface area contributed by atoms with Crippen LogP contribution >= 0.6 is 0 Å². The first-order chi connectivity index (χ1) is 12.6. The lowest BCUT2D eigenvalue weighted by atomic mass is 10.2. The summed E-state index contributed by atoms with van der Waals surface area (Å²) in [6, 6.07) is 0.621. The summed E-state index contributed by atoms with van der Waals surface area (Å²) in [5, 5.41) is 12.9. The zero-order valence-corrected chi connectivity index (χ0v) is 14.8. The average molecular weight is 351 g/mol. The van der Waals surface area contributed by atoms with E-state index in [0.717, 1.165) is 35.3 Å². The Labute approximate surface area is 150 Å². The Balaban J connectivity index is 1.78. The molecule has 0 atom stereocenters. The predicted octanol–water partition coefficient (Wildman–Crippen LogP) is 3.37. The van der Waals surface area contributed by atoms with Crippen LogP contribution < -0.4 is 11.1 Å². The van der Waals surface area contributed by atoms with Gasteiger partial charge in [0.15, 0.2) is 17.2 Å². The van der Waals surface area contributed by atoms with Crippen molar-refractivity contribution in [2.45, 2.75) is 38.8 Å². The second-order valence-electron chi connectivity index (χ2n) is 6.65. The van der Waals surface area contributed by atoms with Gasteiger partial charge in [0.1, 0.15) is 12.1 Å². The monoisotopic (exact) mass is 351 g/mol. The summed E-state index contributed by atoms with van der Waals surface area (Å²) < 4.78 is 7.21. The summed E-state index contributed by atoms with van der Waals surface area (Å²) in [6.07, 6.45) is 9.20. The van der Waals surface area contributed by atoms with Gasteiger partial charge in [-0.15, -0.1) is 0 Å². The molecule has 134 valence electrons. The van der Waals surface area contributed by atoms with Gasteiger partial charge in [-0.2, -0.15) is 5.10 Å². The van der Waals surface area contributed by atoms with Gasteiger partial charge in [-0.3, -0.25) is 0 Å². The molecule has 0 saturated heterocycles. The van der Waals surface area contributed by atoms with Gasteiger partial charge in [-0.1, -0.05) is 11.7 Å². The first-order valence-electron chi connectivity index (χ1n) is 8.64. The summed E-state index contributed by atoms with van der Waals surface area (Å²) in [5.74, 6) is 1.74. The number of fused-ring (bicyclic) bond motifs is 1. The van der Waals surface area contributed by atoms with Gasteiger partial charge in [-0.05, 0) is 44.9 Å². The largest absolute Gasteiger partial charge is 0.383 e. The van der Waals surface area contributed by atoms with Crippen molar-refractivity contribution in [1.29, 1.82) is 0 Å². The maximum atomic E-state index is 6.08. The lowest BCUT2D eigenvalue weighted by molar-refractivity contribution is 0.415. The average Bonchev–Trinajstić information content (AvgIpc) is 3.22. The minimum Gasteiger partial charge on any atom is -0.383 e. The summed E-state index contributed by atoms with van der Waals surface area (Å²) in [6.45, 7) is 7.89. The van der Waals surface area contributed by atoms with Crippen LogP contribution in [0, 0.1) is 0 Å². The number of nitrogen functional groups attached to an aromatic ring is 1. The highest BCUT2D eigenvalue weighted by atomic mass is 16.5. The zero-order valence-electron chi connectivity index (χ0n) is 14.8. The van der Waals surface area contributed by atoms with Crippen molar-refractivity contribution >= 4 is 40.9 Å². The molecule has 8 heteroatoms. The maximum absolute atomic E-state index is 6.08. The molecular weight excluding hydrogens is 330 g/mol. The van der Waals surface area contributed by atoms with Crippen molar-refractivity contribution in [3.8, 4) is 0 Å². The number of nitrogens with two attached hydrogens (primary N) is 1. The van der Waals surface area contributed by atoms with E-state index in [1.807, 2.05) is 30.7 Å². The number of rotatable bonds is 6. The Kier molecular flexibility index (Phi) is 3.95. The summed E-state index contributed by atoms with van der Waals surface area (Å²) in [4.78, 5) is 8.45. The van der Waals surface area contributed by atoms with Gasteiger partial charge in [0, 0.05) is 12.1 Å². The van der Waals surface area contributed by atoms with E-state index in [-0.39, 0.29) is 6.04 Å². The number of hydrogen-bond acceptors (Lipinski definition) is 7. The van der Waals surface area contributed by atoms with E-state index >= 15 is 0 Å². The molecule has 1 saturated carbocycles. The minimum absolute atomic E-state index is 0.153. The van der Waals surface area contributed by atoms with Gasteiger partial charge in [0.2, 0.25) is 0 Å². The van der Waals surface area contributed by atoms with Crippen molar-refractivity contribution < 1.29 is 4.52 Å². The van der Waals surface area contributed by atoms with Crippen molar-refractivity contribution in [3.63, 3.8) is 0 Å². The molecule has 4 rings (SSSR count). The molecule has 0 unspecified atom stereocenters. The van der Waals surface area contributed by atoms with Crippen molar-refractivity contribution in [3.05, 3.63) is 29.9 Å². The van der Waals surface area contributed by atoms with E-state index in [1.54, 1.807) is 6.08 Å². The molecule has 1 aliphatic rings. The fourth-order valence-electron chi connectivity index (χ4n) is 2.80. The van der Waals surface area contributed by atoms with E-state index in [0.29, 0.717) is 23.3 Å². The lowest BCUT2D eigenvalue weighted by Crippen LogP contribution is -2.04. The Bertz CT molecular complexity index is 995. The second kappa shape index (κ2) is 6.29. The molecule has 3 aromatic rings. The molecule has 0 amide bonds. The Morgan fingerprint density at radius 1 is 1.35 bits per heavy atom. The van der Waals surface area contributed by atoms with E-state index in [9.17, 15) is 0 Å². The molecule has 1 fully saturated rings. The predicted molar refractivity (Wildman–Crippen MR) is 102 cm³/mol. The second-order valence-corrected chi connectivity index (χ2v) is 6.65. The normalized spacial score (nSPS) is 14.6. The van der Waals surface area contributed by atoms with Crippen LogP contribution in [0.5, 0.6) is 0 Å². The molecule has 26 heavy (non-hydrogen) atoms. The lowest BCUT2D eigenvalue weighted by Gasteiger charge is -2.05. The molecule has 0 aliphatic heterocycles. The van der Waals surface area contributed by atoms with Crippen LogP contribution in [0.2, 0.25) is 0 Å². The fraction of sp³-hybridized carbons (Fsp3) is 0.333. The number of nitrogens with zero attached hydrogens (tertiary/aromatic N) is 5. The summed E-state index contributed by atoms with van der Waals surface area (Å²) in [5.41, 5.74) is 8.35. The van der Waals surface area contributed by atoms with E-state index in [2.05, 4.69) is 32.1 Å². The fourth-order valence-corrected chi connectivity index (χ4v) is 2.80. The van der Waals surface area contributed by atoms with Crippen LogP contribution in [0.1, 0.15) is 49.7 Å². The van der Waals surface area contributed by atoms with Crippen LogP contribution in [0.3, 0.4) is 0 Å². The van der Waals surface area contributed by atoms with Gasteiger partial charge in [0.25, 0.3) is 0 Å². The molecule has 0 bridgehead atoms. The molecule has 3 N–H and O–H groups in total. The number of hydrogen-bond donors (Lipinski definition) is 2. The Morgan fingerprint density at radius 2 is 2.15 bits per heavy atom. The smallest absolute Gasteiger partial charge is 0.177 e. The van der Waals surface area contributed by atoms with E-state index in [1.165, 1.54) is 6.33 Å². The first-order valence-corrected chi connectivity index (χ1v) is 8.64. The van der Waals surface area contributed by atoms with E-state index < -0.39 is 0 Å². The van der Waals surface area contributed by atoms with Crippen molar-refractivity contribution in [2.75, 3.05) is 11.1 Å². The van der Waals surface area contributed by atoms with Crippen LogP contribution in [0.15, 0.2) is 17.4 Å². The summed E-state index contributed by atoms with van der Waals surface area (Å²) >= 11 is 0. The van der Waals surface area contributed by atoms with Crippen LogP contribution in [0.25, 0.3) is 29.3 Å². The maximum Gasteiger partial charge on any atom is 0.177 e. The molecule has 3 heterocycles.